The zero-order valence-corrected chi connectivity index (χ0v) is 26.1. The van der Waals surface area contributed by atoms with Crippen LogP contribution in [-0.2, 0) is 15.8 Å². The summed E-state index contributed by atoms with van der Waals surface area (Å²) in [4.78, 5) is 0. The monoisotopic (exact) mass is 590 g/mol. The maximum atomic E-state index is 4.72. The number of hydrogen-bond donors (Lipinski definition) is 2. The van der Waals surface area contributed by atoms with Crippen LogP contribution in [0.4, 0.5) is 0 Å². The van der Waals surface area contributed by atoms with Gasteiger partial charge in [0.15, 0.2) is 0 Å². The summed E-state index contributed by atoms with van der Waals surface area (Å²) < 4.78 is 4.72. The van der Waals surface area contributed by atoms with Crippen molar-refractivity contribution in [1.29, 1.82) is 0 Å². The number of benzene rings is 6. The molecule has 6 aromatic carbocycles. The van der Waals surface area contributed by atoms with Crippen molar-refractivity contribution in [2.45, 2.75) is 11.1 Å². The second-order valence-electron chi connectivity index (χ2n) is 10.9. The summed E-state index contributed by atoms with van der Waals surface area (Å²) in [5, 5.41) is 7.32. The first kappa shape index (κ1) is 31.6. The van der Waals surface area contributed by atoms with Gasteiger partial charge in [-0.25, -0.2) is 0 Å². The summed E-state index contributed by atoms with van der Waals surface area (Å²) in [5.41, 5.74) is 5.70. The normalized spacial score (nSPS) is 11.3. The molecule has 0 heterocycles. The number of rotatable bonds is 11. The van der Waals surface area contributed by atoms with Crippen LogP contribution in [0.25, 0.3) is 0 Å². The largest absolute Gasteiger partial charge is 0.383 e. The van der Waals surface area contributed by atoms with E-state index in [1.165, 1.54) is 33.4 Å². The van der Waals surface area contributed by atoms with Crippen molar-refractivity contribution < 1.29 is 4.74 Å². The quantitative estimate of drug-likeness (QED) is 0.117. The Kier molecular flexibility index (Phi) is 11.1. The van der Waals surface area contributed by atoms with Crippen LogP contribution in [0.1, 0.15) is 33.4 Å². The highest BCUT2D eigenvalue weighted by Gasteiger charge is 2.46. The predicted molar refractivity (Wildman–Crippen MR) is 187 cm³/mol. The van der Waals surface area contributed by atoms with Gasteiger partial charge >= 0.3 is 0 Å². The van der Waals surface area contributed by atoms with Gasteiger partial charge in [0.25, 0.3) is 0 Å². The Hall–Kier alpha value is -4.80. The zero-order chi connectivity index (χ0) is 31.2. The molecule has 0 amide bonds. The topological polar surface area (TPSA) is 33.3 Å². The predicted octanol–water partition coefficient (Wildman–Crippen LogP) is 8.41. The Bertz CT molecular complexity index is 1340. The molecule has 6 aromatic rings. The summed E-state index contributed by atoms with van der Waals surface area (Å²) in [5.74, 6) is 0. The molecule has 3 heteroatoms. The molecule has 0 aliphatic heterocycles. The van der Waals surface area contributed by atoms with Crippen molar-refractivity contribution in [2.75, 3.05) is 27.3 Å². The van der Waals surface area contributed by atoms with Gasteiger partial charge in [0.2, 0.25) is 0 Å². The lowest BCUT2D eigenvalue weighted by atomic mass is 9.70. The van der Waals surface area contributed by atoms with Gasteiger partial charge in [-0.05, 0) is 40.4 Å². The van der Waals surface area contributed by atoms with E-state index >= 15 is 0 Å². The minimum absolute atomic E-state index is 0.675. The average Bonchev–Trinajstić information content (AvgIpc) is 3.14. The van der Waals surface area contributed by atoms with Crippen LogP contribution in [0.5, 0.6) is 0 Å². The van der Waals surface area contributed by atoms with E-state index < -0.39 is 11.1 Å². The fourth-order valence-electron chi connectivity index (χ4n) is 6.05. The summed E-state index contributed by atoms with van der Waals surface area (Å²) in [6, 6.07) is 64.9. The molecule has 0 saturated carbocycles. The average molecular weight is 591 g/mol. The first-order chi connectivity index (χ1) is 22.3. The Morgan fingerprint density at radius 3 is 0.778 bits per heavy atom. The second kappa shape index (κ2) is 15.8. The highest BCUT2D eigenvalue weighted by molar-refractivity contribution is 5.56. The number of hydrogen-bond acceptors (Lipinski definition) is 3. The van der Waals surface area contributed by atoms with Crippen molar-refractivity contribution in [2.24, 2.45) is 0 Å². The molecule has 6 rings (SSSR count). The van der Waals surface area contributed by atoms with Crippen LogP contribution in [0.2, 0.25) is 0 Å². The third-order valence-corrected chi connectivity index (χ3v) is 8.17. The van der Waals surface area contributed by atoms with Crippen molar-refractivity contribution in [3.63, 3.8) is 0 Å². The van der Waals surface area contributed by atoms with Gasteiger partial charge in [-0.1, -0.05) is 182 Å². The molecular weight excluding hydrogens is 548 g/mol. The second-order valence-corrected chi connectivity index (χ2v) is 10.9. The molecule has 0 fully saturated rings. The lowest BCUT2D eigenvalue weighted by molar-refractivity contribution is 0.201. The van der Waals surface area contributed by atoms with Crippen LogP contribution in [0, 0.1) is 0 Å². The SMILES string of the molecule is CNCCOC.c1ccc(C(NC(c2ccccc2)(c2ccccc2)c2ccccc2)(c2ccccc2)c2ccccc2)cc1. The van der Waals surface area contributed by atoms with Crippen molar-refractivity contribution in [3.05, 3.63) is 215 Å². The lowest BCUT2D eigenvalue weighted by Gasteiger charge is -2.47. The standard InChI is InChI=1S/C38H31N.C4H11NO/c1-7-19-31(20-8-1)37(32-21-9-2-10-22-32,33-23-11-3-12-24-33)39-38(34-25-13-4-14-26-34,35-27-15-5-16-28-35)36-29-17-6-18-30-36;1-5-3-4-6-2/h1-30,39H;5H,3-4H2,1-2H3. The van der Waals surface area contributed by atoms with Crippen LogP contribution >= 0.6 is 0 Å². The summed E-state index contributed by atoms with van der Waals surface area (Å²) in [6.45, 7) is 1.74. The van der Waals surface area contributed by atoms with E-state index in [-0.39, 0.29) is 0 Å². The molecule has 2 N–H and O–H groups in total. The summed E-state index contributed by atoms with van der Waals surface area (Å²) >= 11 is 0. The van der Waals surface area contributed by atoms with Gasteiger partial charge < -0.3 is 10.1 Å². The van der Waals surface area contributed by atoms with E-state index in [0.717, 1.165) is 13.2 Å². The number of ether oxygens (including phenoxy) is 1. The maximum Gasteiger partial charge on any atom is 0.0959 e. The van der Waals surface area contributed by atoms with E-state index in [0.29, 0.717) is 0 Å². The first-order valence-electron chi connectivity index (χ1n) is 15.5. The fourth-order valence-corrected chi connectivity index (χ4v) is 6.05. The summed E-state index contributed by atoms with van der Waals surface area (Å²) in [6.07, 6.45) is 0. The molecule has 0 unspecified atom stereocenters. The number of likely N-dealkylation sites (N-methyl/N-ethyl adjacent to an activating group) is 1. The zero-order valence-electron chi connectivity index (χ0n) is 26.1. The minimum atomic E-state index is -0.675. The van der Waals surface area contributed by atoms with E-state index in [1.807, 2.05) is 7.05 Å². The van der Waals surface area contributed by atoms with Gasteiger partial charge in [0.1, 0.15) is 0 Å². The molecular formula is C42H42N2O. The van der Waals surface area contributed by atoms with Gasteiger partial charge in [-0.15, -0.1) is 0 Å². The molecule has 0 bridgehead atoms. The third kappa shape index (κ3) is 6.97. The Labute approximate surface area is 268 Å². The summed E-state index contributed by atoms with van der Waals surface area (Å²) in [7, 11) is 3.59. The number of methoxy groups -OCH3 is 1. The molecule has 45 heavy (non-hydrogen) atoms. The van der Waals surface area contributed by atoms with Gasteiger partial charge in [-0.3, -0.25) is 5.32 Å². The molecule has 0 atom stereocenters. The minimum Gasteiger partial charge on any atom is -0.383 e. The maximum absolute atomic E-state index is 4.72. The van der Waals surface area contributed by atoms with E-state index in [1.54, 1.807) is 7.11 Å². The van der Waals surface area contributed by atoms with Crippen LogP contribution in [-0.4, -0.2) is 27.3 Å². The highest BCUT2D eigenvalue weighted by atomic mass is 16.5. The molecule has 0 aromatic heterocycles. The van der Waals surface area contributed by atoms with E-state index in [2.05, 4.69) is 193 Å². The Morgan fingerprint density at radius 2 is 0.622 bits per heavy atom. The van der Waals surface area contributed by atoms with Gasteiger partial charge in [0.05, 0.1) is 17.7 Å². The van der Waals surface area contributed by atoms with Gasteiger partial charge in [-0.2, -0.15) is 0 Å². The molecule has 3 nitrogen and oxygen atoms in total. The molecule has 226 valence electrons. The molecule has 0 aliphatic rings. The van der Waals surface area contributed by atoms with E-state index in [9.17, 15) is 0 Å². The smallest absolute Gasteiger partial charge is 0.0959 e. The highest BCUT2D eigenvalue weighted by Crippen LogP contribution is 2.45. The van der Waals surface area contributed by atoms with Crippen molar-refractivity contribution in [1.82, 2.24) is 10.6 Å². The lowest BCUT2D eigenvalue weighted by Crippen LogP contribution is -2.57. The van der Waals surface area contributed by atoms with E-state index in [4.69, 9.17) is 4.74 Å². The molecule has 0 saturated heterocycles. The van der Waals surface area contributed by atoms with Crippen LogP contribution in [0.15, 0.2) is 182 Å². The van der Waals surface area contributed by atoms with Crippen LogP contribution < -0.4 is 10.6 Å². The molecule has 0 radical (unpaired) electrons. The molecule has 0 aliphatic carbocycles. The Balaban J connectivity index is 0.000000609. The first-order valence-corrected chi connectivity index (χ1v) is 15.5. The van der Waals surface area contributed by atoms with Crippen molar-refractivity contribution in [3.8, 4) is 0 Å². The van der Waals surface area contributed by atoms with Crippen molar-refractivity contribution >= 4 is 0 Å². The Morgan fingerprint density at radius 1 is 0.400 bits per heavy atom. The number of nitrogens with one attached hydrogen (secondary N) is 2. The van der Waals surface area contributed by atoms with Crippen LogP contribution in [0.3, 0.4) is 0 Å². The third-order valence-electron chi connectivity index (χ3n) is 8.17. The molecule has 0 spiro atoms. The fraction of sp³-hybridized carbons (Fsp3) is 0.143. The van der Waals surface area contributed by atoms with Gasteiger partial charge in [0, 0.05) is 13.7 Å².